The number of aromatic nitrogens is 2. The summed E-state index contributed by atoms with van der Waals surface area (Å²) in [5, 5.41) is 14.9. The second-order valence-corrected chi connectivity index (χ2v) is 4.87. The second-order valence-electron chi connectivity index (χ2n) is 4.87. The second kappa shape index (κ2) is 7.57. The Kier molecular flexibility index (Phi) is 6.41. The molecular formula is C15H28N2O. The maximum atomic E-state index is 10.2. The van der Waals surface area contributed by atoms with Gasteiger partial charge in [-0.1, -0.05) is 40.5 Å². The Bertz CT molecular complexity index is 358. The van der Waals surface area contributed by atoms with E-state index in [9.17, 15) is 5.11 Å². The highest BCUT2D eigenvalue weighted by atomic mass is 16.3. The van der Waals surface area contributed by atoms with E-state index < -0.39 is 0 Å². The van der Waals surface area contributed by atoms with E-state index in [1.165, 1.54) is 25.0 Å². The van der Waals surface area contributed by atoms with Gasteiger partial charge in [0.15, 0.2) is 0 Å². The minimum Gasteiger partial charge on any atom is -0.388 e. The van der Waals surface area contributed by atoms with E-state index in [1.807, 2.05) is 6.92 Å². The van der Waals surface area contributed by atoms with Crippen LogP contribution in [0, 0.1) is 0 Å². The number of rotatable bonds is 8. The van der Waals surface area contributed by atoms with Gasteiger partial charge in [-0.25, -0.2) is 0 Å². The average molecular weight is 252 g/mol. The van der Waals surface area contributed by atoms with E-state index >= 15 is 0 Å². The van der Waals surface area contributed by atoms with Crippen molar-refractivity contribution in [1.29, 1.82) is 0 Å². The van der Waals surface area contributed by atoms with Crippen LogP contribution in [0.4, 0.5) is 0 Å². The highest BCUT2D eigenvalue weighted by molar-refractivity contribution is 5.29. The normalized spacial score (nSPS) is 12.9. The molecule has 0 amide bonds. The van der Waals surface area contributed by atoms with E-state index in [2.05, 4.69) is 25.5 Å². The molecule has 0 aromatic carbocycles. The molecule has 1 atom stereocenters. The van der Waals surface area contributed by atoms with Crippen LogP contribution in [0.15, 0.2) is 0 Å². The lowest BCUT2D eigenvalue weighted by Crippen LogP contribution is -2.07. The zero-order chi connectivity index (χ0) is 13.5. The molecule has 1 aromatic rings. The molecule has 0 aliphatic carbocycles. The van der Waals surface area contributed by atoms with Crippen molar-refractivity contribution < 1.29 is 5.11 Å². The molecule has 1 unspecified atom stereocenters. The van der Waals surface area contributed by atoms with Crippen molar-refractivity contribution in [2.75, 3.05) is 0 Å². The Labute approximate surface area is 111 Å². The summed E-state index contributed by atoms with van der Waals surface area (Å²) in [4.78, 5) is 0. The minimum atomic E-state index is -0.352. The maximum Gasteiger partial charge on any atom is 0.0823 e. The number of unbranched alkanes of at least 4 members (excludes halogenated alkanes) is 2. The quantitative estimate of drug-likeness (QED) is 0.717. The minimum absolute atomic E-state index is 0.352. The fourth-order valence-electron chi connectivity index (χ4n) is 2.48. The standard InChI is InChI=1S/C15H28N2O/c1-5-9-10-11-17-13(7-3)15(14(18)8-4)12(6-2)16-17/h14,18H,5-11H2,1-4H3. The number of hydrogen-bond acceptors (Lipinski definition) is 2. The van der Waals surface area contributed by atoms with Crippen molar-refractivity contribution >= 4 is 0 Å². The molecule has 0 aliphatic rings. The van der Waals surface area contributed by atoms with Gasteiger partial charge in [0, 0.05) is 17.8 Å². The van der Waals surface area contributed by atoms with Crippen LogP contribution in [-0.4, -0.2) is 14.9 Å². The number of aliphatic hydroxyl groups excluding tert-OH is 1. The third-order valence-corrected chi connectivity index (χ3v) is 3.54. The summed E-state index contributed by atoms with van der Waals surface area (Å²) >= 11 is 0. The van der Waals surface area contributed by atoms with Crippen LogP contribution in [0.5, 0.6) is 0 Å². The SMILES string of the molecule is CCCCCn1nc(CC)c(C(O)CC)c1CC. The molecule has 1 heterocycles. The van der Waals surface area contributed by atoms with E-state index in [-0.39, 0.29) is 6.10 Å². The van der Waals surface area contributed by atoms with Crippen LogP contribution >= 0.6 is 0 Å². The van der Waals surface area contributed by atoms with Gasteiger partial charge < -0.3 is 5.11 Å². The Hall–Kier alpha value is -0.830. The van der Waals surface area contributed by atoms with Crippen molar-refractivity contribution in [2.24, 2.45) is 0 Å². The number of hydrogen-bond donors (Lipinski definition) is 1. The predicted octanol–water partition coefficient (Wildman–Crippen LogP) is 3.64. The molecule has 1 rings (SSSR count). The van der Waals surface area contributed by atoms with Gasteiger partial charge in [-0.05, 0) is 25.7 Å². The molecule has 0 radical (unpaired) electrons. The van der Waals surface area contributed by atoms with E-state index in [0.717, 1.165) is 37.1 Å². The predicted molar refractivity (Wildman–Crippen MR) is 75.8 cm³/mol. The van der Waals surface area contributed by atoms with Gasteiger partial charge in [-0.3, -0.25) is 4.68 Å². The summed E-state index contributed by atoms with van der Waals surface area (Å²) in [6.45, 7) is 9.49. The molecule has 3 nitrogen and oxygen atoms in total. The molecule has 0 fully saturated rings. The summed E-state index contributed by atoms with van der Waals surface area (Å²) in [5.74, 6) is 0. The van der Waals surface area contributed by atoms with Crippen LogP contribution in [-0.2, 0) is 19.4 Å². The fraction of sp³-hybridized carbons (Fsp3) is 0.800. The average Bonchev–Trinajstić information content (AvgIpc) is 2.75. The first-order valence-corrected chi connectivity index (χ1v) is 7.45. The topological polar surface area (TPSA) is 38.0 Å². The molecule has 1 aromatic heterocycles. The van der Waals surface area contributed by atoms with Crippen LogP contribution in [0.2, 0.25) is 0 Å². The number of aryl methyl sites for hydroxylation is 2. The van der Waals surface area contributed by atoms with E-state index in [4.69, 9.17) is 5.10 Å². The van der Waals surface area contributed by atoms with Gasteiger partial charge in [0.05, 0.1) is 11.8 Å². The molecule has 0 saturated carbocycles. The Morgan fingerprint density at radius 3 is 2.33 bits per heavy atom. The van der Waals surface area contributed by atoms with Crippen LogP contribution in [0.3, 0.4) is 0 Å². The summed E-state index contributed by atoms with van der Waals surface area (Å²) in [6.07, 6.45) is 5.92. The van der Waals surface area contributed by atoms with Gasteiger partial charge in [0.2, 0.25) is 0 Å². The molecule has 18 heavy (non-hydrogen) atoms. The molecule has 1 N–H and O–H groups in total. The van der Waals surface area contributed by atoms with Gasteiger partial charge in [-0.15, -0.1) is 0 Å². The van der Waals surface area contributed by atoms with Gasteiger partial charge in [0.1, 0.15) is 0 Å². The zero-order valence-corrected chi connectivity index (χ0v) is 12.4. The molecule has 0 aliphatic heterocycles. The third-order valence-electron chi connectivity index (χ3n) is 3.54. The first kappa shape index (κ1) is 15.2. The highest BCUT2D eigenvalue weighted by Gasteiger charge is 2.20. The van der Waals surface area contributed by atoms with Crippen molar-refractivity contribution in [3.8, 4) is 0 Å². The summed E-state index contributed by atoms with van der Waals surface area (Å²) in [5.41, 5.74) is 3.41. The molecule has 0 spiro atoms. The Morgan fingerprint density at radius 1 is 1.11 bits per heavy atom. The van der Waals surface area contributed by atoms with Crippen molar-refractivity contribution in [1.82, 2.24) is 9.78 Å². The molecule has 0 bridgehead atoms. The van der Waals surface area contributed by atoms with Crippen molar-refractivity contribution in [2.45, 2.75) is 78.9 Å². The third kappa shape index (κ3) is 3.35. The molecule has 3 heteroatoms. The lowest BCUT2D eigenvalue weighted by Gasteiger charge is -2.11. The number of nitrogens with zero attached hydrogens (tertiary/aromatic N) is 2. The summed E-state index contributed by atoms with van der Waals surface area (Å²) in [7, 11) is 0. The molecular weight excluding hydrogens is 224 g/mol. The Balaban J connectivity index is 3.00. The smallest absolute Gasteiger partial charge is 0.0823 e. The van der Waals surface area contributed by atoms with Crippen LogP contribution in [0.25, 0.3) is 0 Å². The molecule has 0 saturated heterocycles. The summed E-state index contributed by atoms with van der Waals surface area (Å²) in [6, 6.07) is 0. The van der Waals surface area contributed by atoms with Gasteiger partial charge in [0.25, 0.3) is 0 Å². The lowest BCUT2D eigenvalue weighted by molar-refractivity contribution is 0.171. The fourth-order valence-corrected chi connectivity index (χ4v) is 2.48. The van der Waals surface area contributed by atoms with Crippen LogP contribution < -0.4 is 0 Å². The van der Waals surface area contributed by atoms with Crippen molar-refractivity contribution in [3.63, 3.8) is 0 Å². The first-order chi connectivity index (χ1) is 8.69. The lowest BCUT2D eigenvalue weighted by atomic mass is 10.0. The number of aliphatic hydroxyl groups is 1. The van der Waals surface area contributed by atoms with E-state index in [1.54, 1.807) is 0 Å². The van der Waals surface area contributed by atoms with Gasteiger partial charge in [-0.2, -0.15) is 5.10 Å². The maximum absolute atomic E-state index is 10.2. The largest absolute Gasteiger partial charge is 0.388 e. The van der Waals surface area contributed by atoms with E-state index in [0.29, 0.717) is 0 Å². The van der Waals surface area contributed by atoms with Crippen LogP contribution in [0.1, 0.15) is 76.4 Å². The first-order valence-electron chi connectivity index (χ1n) is 7.45. The van der Waals surface area contributed by atoms with Gasteiger partial charge >= 0.3 is 0 Å². The summed E-state index contributed by atoms with van der Waals surface area (Å²) < 4.78 is 2.13. The highest BCUT2D eigenvalue weighted by Crippen LogP contribution is 2.26. The Morgan fingerprint density at radius 2 is 1.83 bits per heavy atom. The zero-order valence-electron chi connectivity index (χ0n) is 12.4. The van der Waals surface area contributed by atoms with Crippen molar-refractivity contribution in [3.05, 3.63) is 17.0 Å². The monoisotopic (exact) mass is 252 g/mol. The molecule has 104 valence electrons.